The maximum atomic E-state index is 13.8. The zero-order valence-corrected chi connectivity index (χ0v) is 12.2. The third-order valence-corrected chi connectivity index (χ3v) is 4.20. The first-order valence-electron chi connectivity index (χ1n) is 7.30. The Hall–Kier alpha value is -0.930. The van der Waals surface area contributed by atoms with E-state index in [1.165, 1.54) is 12.8 Å². The summed E-state index contributed by atoms with van der Waals surface area (Å²) in [5.74, 6) is 0.486. The summed E-state index contributed by atoms with van der Waals surface area (Å²) in [6, 6.07) is 6.05. The number of benzene rings is 1. The van der Waals surface area contributed by atoms with E-state index in [9.17, 15) is 4.39 Å². The van der Waals surface area contributed by atoms with Gasteiger partial charge >= 0.3 is 0 Å². The Kier molecular flexibility index (Phi) is 4.94. The Morgan fingerprint density at radius 2 is 2.21 bits per heavy atom. The van der Waals surface area contributed by atoms with E-state index in [4.69, 9.17) is 0 Å². The van der Waals surface area contributed by atoms with E-state index in [0.29, 0.717) is 12.0 Å². The summed E-state index contributed by atoms with van der Waals surface area (Å²) in [6.07, 6.45) is 2.45. The van der Waals surface area contributed by atoms with Crippen molar-refractivity contribution in [3.05, 3.63) is 35.1 Å². The molecule has 0 spiro atoms. The van der Waals surface area contributed by atoms with Crippen molar-refractivity contribution < 1.29 is 4.39 Å². The van der Waals surface area contributed by atoms with Crippen LogP contribution in [0.1, 0.15) is 36.9 Å². The van der Waals surface area contributed by atoms with Crippen LogP contribution in [0.25, 0.3) is 0 Å². The fraction of sp³-hybridized carbons (Fsp3) is 0.625. The van der Waals surface area contributed by atoms with Gasteiger partial charge in [0, 0.05) is 6.04 Å². The summed E-state index contributed by atoms with van der Waals surface area (Å²) in [4.78, 5) is 2.37. The van der Waals surface area contributed by atoms with Crippen LogP contribution in [0, 0.1) is 18.7 Å². The molecule has 1 N–H and O–H groups in total. The van der Waals surface area contributed by atoms with E-state index in [0.717, 1.165) is 30.8 Å². The lowest BCUT2D eigenvalue weighted by Crippen LogP contribution is -2.40. The number of likely N-dealkylation sites (tertiary alicyclic amines) is 1. The standard InChI is InChI=1S/C16H25FN2/c1-4-18-11-14-6-5-9-19(3)16(14)13-8-7-12(2)15(17)10-13/h7-8,10,14,16,18H,4-6,9,11H2,1-3H3. The van der Waals surface area contributed by atoms with Crippen LogP contribution in [0.3, 0.4) is 0 Å². The van der Waals surface area contributed by atoms with Gasteiger partial charge in [0.25, 0.3) is 0 Å². The molecule has 0 aromatic heterocycles. The third-order valence-electron chi connectivity index (χ3n) is 4.20. The van der Waals surface area contributed by atoms with Crippen LogP contribution in [0.2, 0.25) is 0 Å². The Morgan fingerprint density at radius 3 is 2.89 bits per heavy atom. The van der Waals surface area contributed by atoms with Crippen LogP contribution < -0.4 is 5.32 Å². The number of piperidine rings is 1. The minimum Gasteiger partial charge on any atom is -0.317 e. The second-order valence-corrected chi connectivity index (χ2v) is 5.64. The second-order valence-electron chi connectivity index (χ2n) is 5.64. The fourth-order valence-corrected chi connectivity index (χ4v) is 3.12. The first kappa shape index (κ1) is 14.5. The SMILES string of the molecule is CCNCC1CCCN(C)C1c1ccc(C)c(F)c1. The quantitative estimate of drug-likeness (QED) is 0.899. The van der Waals surface area contributed by atoms with Gasteiger partial charge in [0.15, 0.2) is 0 Å². The van der Waals surface area contributed by atoms with Crippen LogP contribution >= 0.6 is 0 Å². The monoisotopic (exact) mass is 264 g/mol. The highest BCUT2D eigenvalue weighted by Gasteiger charge is 2.30. The number of hydrogen-bond acceptors (Lipinski definition) is 2. The molecule has 0 saturated carbocycles. The normalized spacial score (nSPS) is 24.6. The summed E-state index contributed by atoms with van der Waals surface area (Å²) < 4.78 is 13.8. The fourth-order valence-electron chi connectivity index (χ4n) is 3.12. The van der Waals surface area contributed by atoms with Crippen molar-refractivity contribution in [1.29, 1.82) is 0 Å². The summed E-state index contributed by atoms with van der Waals surface area (Å²) in [7, 11) is 2.15. The summed E-state index contributed by atoms with van der Waals surface area (Å²) >= 11 is 0. The third kappa shape index (κ3) is 3.34. The van der Waals surface area contributed by atoms with Crippen molar-refractivity contribution in [2.24, 2.45) is 5.92 Å². The molecule has 1 heterocycles. The highest BCUT2D eigenvalue weighted by atomic mass is 19.1. The molecule has 1 aromatic rings. The van der Waals surface area contributed by atoms with Crippen molar-refractivity contribution in [1.82, 2.24) is 10.2 Å². The van der Waals surface area contributed by atoms with Crippen LogP contribution in [0.4, 0.5) is 4.39 Å². The highest BCUT2D eigenvalue weighted by Crippen LogP contribution is 2.35. The van der Waals surface area contributed by atoms with Gasteiger partial charge in [-0.25, -0.2) is 4.39 Å². The van der Waals surface area contributed by atoms with E-state index < -0.39 is 0 Å². The van der Waals surface area contributed by atoms with Crippen molar-refractivity contribution in [2.45, 2.75) is 32.7 Å². The lowest BCUT2D eigenvalue weighted by molar-refractivity contribution is 0.119. The summed E-state index contributed by atoms with van der Waals surface area (Å²) in [6.45, 7) is 7.06. The molecule has 0 amide bonds. The molecular formula is C16H25FN2. The molecule has 0 bridgehead atoms. The van der Waals surface area contributed by atoms with Crippen LogP contribution in [0.5, 0.6) is 0 Å². The minimum absolute atomic E-state index is 0.0846. The first-order valence-corrected chi connectivity index (χ1v) is 7.30. The molecule has 2 nitrogen and oxygen atoms in total. The largest absolute Gasteiger partial charge is 0.317 e. The van der Waals surface area contributed by atoms with E-state index in [-0.39, 0.29) is 5.82 Å². The van der Waals surface area contributed by atoms with E-state index in [1.807, 2.05) is 13.0 Å². The van der Waals surface area contributed by atoms with Gasteiger partial charge in [0.05, 0.1) is 0 Å². The molecule has 1 aliphatic heterocycles. The van der Waals surface area contributed by atoms with E-state index >= 15 is 0 Å². The second kappa shape index (κ2) is 6.49. The van der Waals surface area contributed by atoms with Gasteiger partial charge in [-0.1, -0.05) is 19.1 Å². The van der Waals surface area contributed by atoms with Crippen molar-refractivity contribution in [3.8, 4) is 0 Å². The number of nitrogens with one attached hydrogen (secondary N) is 1. The summed E-state index contributed by atoms with van der Waals surface area (Å²) in [5.41, 5.74) is 1.85. The zero-order chi connectivity index (χ0) is 13.8. The van der Waals surface area contributed by atoms with Gasteiger partial charge in [-0.15, -0.1) is 0 Å². The van der Waals surface area contributed by atoms with Crippen LogP contribution in [-0.4, -0.2) is 31.6 Å². The molecule has 2 atom stereocenters. The maximum Gasteiger partial charge on any atom is 0.126 e. The van der Waals surface area contributed by atoms with E-state index in [1.54, 1.807) is 6.07 Å². The first-order chi connectivity index (χ1) is 9.13. The molecule has 2 unspecified atom stereocenters. The Morgan fingerprint density at radius 1 is 1.42 bits per heavy atom. The average molecular weight is 264 g/mol. The van der Waals surface area contributed by atoms with E-state index in [2.05, 4.69) is 30.3 Å². The molecule has 106 valence electrons. The van der Waals surface area contributed by atoms with Gasteiger partial charge in [-0.2, -0.15) is 0 Å². The number of nitrogens with zero attached hydrogens (tertiary/aromatic N) is 1. The molecule has 0 aliphatic carbocycles. The van der Waals surface area contributed by atoms with Crippen LogP contribution in [-0.2, 0) is 0 Å². The molecule has 1 aromatic carbocycles. The number of aryl methyl sites for hydroxylation is 1. The van der Waals surface area contributed by atoms with Gasteiger partial charge in [0.1, 0.15) is 5.82 Å². The van der Waals surface area contributed by atoms with Crippen molar-refractivity contribution in [2.75, 3.05) is 26.7 Å². The van der Waals surface area contributed by atoms with Crippen molar-refractivity contribution >= 4 is 0 Å². The number of halogens is 1. The van der Waals surface area contributed by atoms with Gasteiger partial charge in [0.2, 0.25) is 0 Å². The highest BCUT2D eigenvalue weighted by molar-refractivity contribution is 5.26. The average Bonchev–Trinajstić information content (AvgIpc) is 2.40. The molecular weight excluding hydrogens is 239 g/mol. The Bertz CT molecular complexity index is 419. The number of rotatable bonds is 4. The van der Waals surface area contributed by atoms with Gasteiger partial charge < -0.3 is 5.32 Å². The predicted molar refractivity (Wildman–Crippen MR) is 77.8 cm³/mol. The molecule has 1 fully saturated rings. The molecule has 0 radical (unpaired) electrons. The topological polar surface area (TPSA) is 15.3 Å². The van der Waals surface area contributed by atoms with Gasteiger partial charge in [-0.05, 0) is 69.6 Å². The van der Waals surface area contributed by atoms with Gasteiger partial charge in [-0.3, -0.25) is 4.90 Å². The van der Waals surface area contributed by atoms with Crippen LogP contribution in [0.15, 0.2) is 18.2 Å². The number of hydrogen-bond donors (Lipinski definition) is 1. The smallest absolute Gasteiger partial charge is 0.126 e. The Balaban J connectivity index is 2.22. The lowest BCUT2D eigenvalue weighted by Gasteiger charge is -2.39. The molecule has 19 heavy (non-hydrogen) atoms. The molecule has 3 heteroatoms. The molecule has 2 rings (SSSR count). The Labute approximate surface area is 116 Å². The molecule has 1 aliphatic rings. The maximum absolute atomic E-state index is 13.8. The summed E-state index contributed by atoms with van der Waals surface area (Å²) in [5, 5.41) is 3.44. The zero-order valence-electron chi connectivity index (χ0n) is 12.2. The van der Waals surface area contributed by atoms with Crippen molar-refractivity contribution in [3.63, 3.8) is 0 Å². The lowest BCUT2D eigenvalue weighted by atomic mass is 9.84. The molecule has 1 saturated heterocycles. The predicted octanol–water partition coefficient (Wildman–Crippen LogP) is 3.13. The minimum atomic E-state index is -0.0846.